The van der Waals surface area contributed by atoms with Gasteiger partial charge in [0.1, 0.15) is 10.8 Å². The number of thiocarbonyl (C=S) groups is 1. The van der Waals surface area contributed by atoms with Gasteiger partial charge < -0.3 is 11.1 Å². The highest BCUT2D eigenvalue weighted by Gasteiger charge is 2.05. The molecule has 0 aromatic heterocycles. The Morgan fingerprint density at radius 2 is 1.84 bits per heavy atom. The van der Waals surface area contributed by atoms with Gasteiger partial charge in [-0.2, -0.15) is 0 Å². The van der Waals surface area contributed by atoms with Gasteiger partial charge in [0, 0.05) is 16.9 Å². The zero-order valence-corrected chi connectivity index (χ0v) is 12.7. The van der Waals surface area contributed by atoms with E-state index in [2.05, 4.69) is 21.2 Å². The average molecular weight is 360 g/mol. The molecule has 6 heteroatoms. The molecule has 2 rings (SSSR count). The van der Waals surface area contributed by atoms with Gasteiger partial charge in [0.25, 0.3) is 0 Å². The van der Waals surface area contributed by atoms with Crippen molar-refractivity contribution >= 4 is 56.1 Å². The molecule has 0 unspecified atom stereocenters. The lowest BCUT2D eigenvalue weighted by molar-refractivity contribution is 0.621. The highest BCUT2D eigenvalue weighted by Crippen LogP contribution is 2.26. The molecule has 19 heavy (non-hydrogen) atoms. The zero-order chi connectivity index (χ0) is 14.0. The third-order valence-electron chi connectivity index (χ3n) is 2.44. The van der Waals surface area contributed by atoms with Crippen molar-refractivity contribution in [3.05, 3.63) is 57.3 Å². The van der Waals surface area contributed by atoms with E-state index in [1.807, 2.05) is 0 Å². The lowest BCUT2D eigenvalue weighted by atomic mass is 10.2. The first-order valence-corrected chi connectivity index (χ1v) is 6.87. The van der Waals surface area contributed by atoms with E-state index in [0.717, 1.165) is 11.4 Å². The zero-order valence-electron chi connectivity index (χ0n) is 9.58. The molecule has 0 amide bonds. The van der Waals surface area contributed by atoms with E-state index >= 15 is 0 Å². The summed E-state index contributed by atoms with van der Waals surface area (Å²) in [6.07, 6.45) is 0. The van der Waals surface area contributed by atoms with Gasteiger partial charge in [0.15, 0.2) is 0 Å². The summed E-state index contributed by atoms with van der Waals surface area (Å²) in [4.78, 5) is 0.251. The number of anilines is 2. The Kier molecular flexibility index (Phi) is 4.39. The minimum atomic E-state index is -0.313. The van der Waals surface area contributed by atoms with E-state index < -0.39 is 0 Å². The van der Waals surface area contributed by atoms with Gasteiger partial charge in [0.2, 0.25) is 0 Å². The average Bonchev–Trinajstić information content (AvgIpc) is 2.33. The molecule has 0 aliphatic rings. The fraction of sp³-hybridized carbons (Fsp3) is 0. The summed E-state index contributed by atoms with van der Waals surface area (Å²) >= 11 is 14.1. The van der Waals surface area contributed by atoms with E-state index in [-0.39, 0.29) is 10.8 Å². The molecule has 2 nitrogen and oxygen atoms in total. The number of nitrogens with two attached hydrogens (primary N) is 1. The van der Waals surface area contributed by atoms with Crippen LogP contribution < -0.4 is 11.1 Å². The molecular weight excluding hydrogens is 351 g/mol. The monoisotopic (exact) mass is 358 g/mol. The van der Waals surface area contributed by atoms with Crippen molar-refractivity contribution < 1.29 is 4.39 Å². The number of hydrogen-bond donors (Lipinski definition) is 2. The molecule has 0 atom stereocenters. The first-order valence-electron chi connectivity index (χ1n) is 5.29. The molecule has 0 heterocycles. The van der Waals surface area contributed by atoms with Crippen molar-refractivity contribution in [3.8, 4) is 0 Å². The lowest BCUT2D eigenvalue weighted by Gasteiger charge is -2.09. The van der Waals surface area contributed by atoms with Gasteiger partial charge in [-0.15, -0.1) is 0 Å². The molecule has 2 aromatic carbocycles. The molecule has 0 saturated carbocycles. The first-order chi connectivity index (χ1) is 8.97. The Balaban J connectivity index is 2.26. The fourth-order valence-electron chi connectivity index (χ4n) is 1.53. The third-order valence-corrected chi connectivity index (χ3v) is 3.58. The second-order valence-electron chi connectivity index (χ2n) is 3.81. The maximum Gasteiger partial charge on any atom is 0.137 e. The Morgan fingerprint density at radius 3 is 2.42 bits per heavy atom. The van der Waals surface area contributed by atoms with Gasteiger partial charge in [-0.25, -0.2) is 4.39 Å². The van der Waals surface area contributed by atoms with E-state index in [4.69, 9.17) is 29.6 Å². The van der Waals surface area contributed by atoms with Gasteiger partial charge in [-0.05, 0) is 52.3 Å². The van der Waals surface area contributed by atoms with Crippen LogP contribution in [0, 0.1) is 5.82 Å². The number of hydrogen-bond acceptors (Lipinski definition) is 2. The first kappa shape index (κ1) is 14.2. The molecule has 0 aliphatic carbocycles. The van der Waals surface area contributed by atoms with E-state index in [9.17, 15) is 4.39 Å². The van der Waals surface area contributed by atoms with Crippen LogP contribution in [0.3, 0.4) is 0 Å². The molecule has 0 fully saturated rings. The largest absolute Gasteiger partial charge is 0.389 e. The second-order valence-corrected chi connectivity index (χ2v) is 5.51. The van der Waals surface area contributed by atoms with Crippen LogP contribution in [0.4, 0.5) is 15.8 Å². The molecule has 0 aliphatic heterocycles. The molecule has 0 bridgehead atoms. The van der Waals surface area contributed by atoms with Crippen molar-refractivity contribution in [2.24, 2.45) is 5.73 Å². The van der Waals surface area contributed by atoms with Crippen LogP contribution in [-0.4, -0.2) is 4.99 Å². The Labute approximate surface area is 128 Å². The van der Waals surface area contributed by atoms with Crippen LogP contribution in [0.5, 0.6) is 0 Å². The van der Waals surface area contributed by atoms with Gasteiger partial charge >= 0.3 is 0 Å². The van der Waals surface area contributed by atoms with Gasteiger partial charge in [-0.1, -0.05) is 23.8 Å². The van der Waals surface area contributed by atoms with Crippen LogP contribution >= 0.6 is 39.7 Å². The maximum absolute atomic E-state index is 13.1. The normalized spacial score (nSPS) is 10.3. The van der Waals surface area contributed by atoms with Crippen molar-refractivity contribution in [2.75, 3.05) is 5.32 Å². The summed E-state index contributed by atoms with van der Waals surface area (Å²) < 4.78 is 13.5. The number of benzene rings is 2. The predicted octanol–water partition coefficient (Wildman–Crippen LogP) is 4.62. The van der Waals surface area contributed by atoms with Gasteiger partial charge in [0.05, 0.1) is 9.50 Å². The summed E-state index contributed by atoms with van der Waals surface area (Å²) in [5, 5.41) is 3.58. The third kappa shape index (κ3) is 3.43. The fourth-order valence-corrected chi connectivity index (χ4v) is 2.43. The maximum atomic E-state index is 13.1. The van der Waals surface area contributed by atoms with Crippen LogP contribution in [0.15, 0.2) is 40.9 Å². The van der Waals surface area contributed by atoms with Crippen molar-refractivity contribution in [1.29, 1.82) is 0 Å². The molecule has 98 valence electrons. The Morgan fingerprint density at radius 1 is 1.21 bits per heavy atom. The van der Waals surface area contributed by atoms with Crippen molar-refractivity contribution in [2.45, 2.75) is 0 Å². The van der Waals surface area contributed by atoms with Crippen molar-refractivity contribution in [1.82, 2.24) is 0 Å². The standard InChI is InChI=1S/C13H9BrClFN2S/c14-10-5-7(2-4-12(10)16)18-8-1-3-9(13(17)19)11(15)6-8/h1-6,18H,(H2,17,19). The molecular formula is C13H9BrClFN2S. The lowest BCUT2D eigenvalue weighted by Crippen LogP contribution is -2.09. The smallest absolute Gasteiger partial charge is 0.137 e. The highest BCUT2D eigenvalue weighted by atomic mass is 79.9. The van der Waals surface area contributed by atoms with Crippen LogP contribution in [0.2, 0.25) is 5.02 Å². The summed E-state index contributed by atoms with van der Waals surface area (Å²) in [6.45, 7) is 0. The SMILES string of the molecule is NC(=S)c1ccc(Nc2ccc(F)c(Br)c2)cc1Cl. The predicted molar refractivity (Wildman–Crippen MR) is 84.7 cm³/mol. The molecule has 0 radical (unpaired) electrons. The quantitative estimate of drug-likeness (QED) is 0.785. The Hall–Kier alpha value is -1.17. The summed E-state index contributed by atoms with van der Waals surface area (Å²) in [7, 11) is 0. The van der Waals surface area contributed by atoms with Crippen molar-refractivity contribution in [3.63, 3.8) is 0 Å². The topological polar surface area (TPSA) is 38.0 Å². The van der Waals surface area contributed by atoms with E-state index in [0.29, 0.717) is 15.1 Å². The molecule has 0 saturated heterocycles. The molecule has 0 spiro atoms. The van der Waals surface area contributed by atoms with Crippen LogP contribution in [0.25, 0.3) is 0 Å². The molecule has 2 aromatic rings. The number of rotatable bonds is 3. The summed E-state index contributed by atoms with van der Waals surface area (Å²) in [5.74, 6) is -0.313. The van der Waals surface area contributed by atoms with E-state index in [1.54, 1.807) is 30.3 Å². The van der Waals surface area contributed by atoms with Crippen LogP contribution in [0.1, 0.15) is 5.56 Å². The van der Waals surface area contributed by atoms with Crippen LogP contribution in [-0.2, 0) is 0 Å². The molecule has 3 N–H and O–H groups in total. The van der Waals surface area contributed by atoms with E-state index in [1.165, 1.54) is 6.07 Å². The minimum Gasteiger partial charge on any atom is -0.389 e. The minimum absolute atomic E-state index is 0.251. The highest BCUT2D eigenvalue weighted by molar-refractivity contribution is 9.10. The number of nitrogens with one attached hydrogen (secondary N) is 1. The second kappa shape index (κ2) is 5.86. The number of halogens is 3. The summed E-state index contributed by atoms with van der Waals surface area (Å²) in [5.41, 5.74) is 7.67. The summed E-state index contributed by atoms with van der Waals surface area (Å²) in [6, 6.07) is 9.91. The Bertz CT molecular complexity index is 649. The van der Waals surface area contributed by atoms with Gasteiger partial charge in [-0.3, -0.25) is 0 Å².